The van der Waals surface area contributed by atoms with E-state index in [1.54, 1.807) is 25.2 Å². The predicted molar refractivity (Wildman–Crippen MR) is 70.4 cm³/mol. The molecule has 0 bridgehead atoms. The van der Waals surface area contributed by atoms with Gasteiger partial charge in [-0.15, -0.1) is 0 Å². The highest BCUT2D eigenvalue weighted by Gasteiger charge is 2.15. The summed E-state index contributed by atoms with van der Waals surface area (Å²) in [5, 5.41) is 21.8. The highest BCUT2D eigenvalue weighted by molar-refractivity contribution is 5.88. The fourth-order valence-electron chi connectivity index (χ4n) is 1.78. The van der Waals surface area contributed by atoms with Crippen molar-refractivity contribution in [2.24, 2.45) is 7.05 Å². The summed E-state index contributed by atoms with van der Waals surface area (Å²) >= 11 is 0. The Morgan fingerprint density at radius 1 is 1.55 bits per heavy atom. The van der Waals surface area contributed by atoms with Gasteiger partial charge >= 0.3 is 5.97 Å². The van der Waals surface area contributed by atoms with Crippen molar-refractivity contribution in [3.63, 3.8) is 0 Å². The summed E-state index contributed by atoms with van der Waals surface area (Å²) < 4.78 is 7.09. The Bertz CT molecular complexity index is 698. The first-order valence-electron chi connectivity index (χ1n) is 5.90. The van der Waals surface area contributed by atoms with Crippen molar-refractivity contribution in [3.05, 3.63) is 46.8 Å². The van der Waals surface area contributed by atoms with E-state index in [1.165, 1.54) is 10.9 Å². The van der Waals surface area contributed by atoms with Gasteiger partial charge in [-0.2, -0.15) is 10.4 Å². The van der Waals surface area contributed by atoms with E-state index in [4.69, 9.17) is 15.1 Å². The number of aryl methyl sites for hydroxylation is 2. The summed E-state index contributed by atoms with van der Waals surface area (Å²) in [5.74, 6) is -0.485. The summed E-state index contributed by atoms with van der Waals surface area (Å²) in [6.45, 7) is 1.94. The van der Waals surface area contributed by atoms with Gasteiger partial charge in [-0.05, 0) is 24.6 Å². The fourth-order valence-corrected chi connectivity index (χ4v) is 1.78. The van der Waals surface area contributed by atoms with Crippen LogP contribution in [0.15, 0.2) is 24.4 Å². The number of hydrogen-bond donors (Lipinski definition) is 1. The van der Waals surface area contributed by atoms with E-state index in [0.717, 1.165) is 5.56 Å². The van der Waals surface area contributed by atoms with Crippen LogP contribution in [-0.2, 0) is 13.7 Å². The van der Waals surface area contributed by atoms with Crippen molar-refractivity contribution in [1.29, 1.82) is 5.26 Å². The van der Waals surface area contributed by atoms with E-state index in [2.05, 4.69) is 5.10 Å². The molecule has 0 amide bonds. The van der Waals surface area contributed by atoms with Gasteiger partial charge in [-0.25, -0.2) is 4.79 Å². The molecule has 0 radical (unpaired) electrons. The molecule has 0 aliphatic carbocycles. The minimum atomic E-state index is -1.04. The zero-order valence-electron chi connectivity index (χ0n) is 11.1. The maximum atomic E-state index is 11.1. The fraction of sp³-hybridized carbons (Fsp3) is 0.214. The molecule has 102 valence electrons. The van der Waals surface area contributed by atoms with Gasteiger partial charge in [0.1, 0.15) is 17.9 Å². The van der Waals surface area contributed by atoms with E-state index in [0.29, 0.717) is 17.0 Å². The molecular weight excluding hydrogens is 258 g/mol. The Hall–Kier alpha value is -2.81. The van der Waals surface area contributed by atoms with Crippen LogP contribution >= 0.6 is 0 Å². The molecule has 0 unspecified atom stereocenters. The quantitative estimate of drug-likeness (QED) is 0.917. The zero-order chi connectivity index (χ0) is 14.7. The summed E-state index contributed by atoms with van der Waals surface area (Å²) in [6.07, 6.45) is 1.29. The minimum Gasteiger partial charge on any atom is -0.487 e. The number of aromatic carboxylic acids is 1. The molecule has 0 atom stereocenters. The molecule has 20 heavy (non-hydrogen) atoms. The summed E-state index contributed by atoms with van der Waals surface area (Å²) in [7, 11) is 1.66. The first-order valence-corrected chi connectivity index (χ1v) is 5.90. The van der Waals surface area contributed by atoms with Crippen LogP contribution in [0.3, 0.4) is 0 Å². The first-order chi connectivity index (χ1) is 9.52. The zero-order valence-corrected chi connectivity index (χ0v) is 11.1. The normalized spacial score (nSPS) is 10.1. The van der Waals surface area contributed by atoms with Gasteiger partial charge in [0.15, 0.2) is 0 Å². The molecule has 1 N–H and O–H groups in total. The van der Waals surface area contributed by atoms with Crippen LogP contribution < -0.4 is 4.74 Å². The highest BCUT2D eigenvalue weighted by Crippen LogP contribution is 2.21. The average molecular weight is 271 g/mol. The third kappa shape index (κ3) is 2.62. The van der Waals surface area contributed by atoms with E-state index >= 15 is 0 Å². The Kier molecular flexibility index (Phi) is 3.71. The maximum absolute atomic E-state index is 11.1. The Morgan fingerprint density at radius 3 is 2.95 bits per heavy atom. The Morgan fingerprint density at radius 2 is 2.30 bits per heavy atom. The minimum absolute atomic E-state index is 0.0772. The molecule has 1 aromatic carbocycles. The number of benzene rings is 1. The van der Waals surface area contributed by atoms with E-state index < -0.39 is 5.97 Å². The molecule has 6 nitrogen and oxygen atoms in total. The topological polar surface area (TPSA) is 88.1 Å². The van der Waals surface area contributed by atoms with Gasteiger partial charge < -0.3 is 9.84 Å². The summed E-state index contributed by atoms with van der Waals surface area (Å²) in [4.78, 5) is 11.1. The molecule has 0 fully saturated rings. The lowest BCUT2D eigenvalue weighted by atomic mass is 10.1. The van der Waals surface area contributed by atoms with E-state index in [9.17, 15) is 4.79 Å². The van der Waals surface area contributed by atoms with Gasteiger partial charge in [-0.3, -0.25) is 4.68 Å². The van der Waals surface area contributed by atoms with Crippen molar-refractivity contribution in [2.45, 2.75) is 13.5 Å². The second-order valence-electron chi connectivity index (χ2n) is 4.31. The molecule has 0 saturated heterocycles. The molecule has 0 spiro atoms. The molecule has 0 aliphatic heterocycles. The Labute approximate surface area is 115 Å². The summed E-state index contributed by atoms with van der Waals surface area (Å²) in [5.41, 5.74) is 1.96. The van der Waals surface area contributed by atoms with Gasteiger partial charge in [0.05, 0.1) is 23.5 Å². The van der Waals surface area contributed by atoms with Crippen molar-refractivity contribution in [1.82, 2.24) is 9.78 Å². The Balaban J connectivity index is 2.23. The van der Waals surface area contributed by atoms with Crippen molar-refractivity contribution in [3.8, 4) is 11.8 Å². The standard InChI is InChI=1S/C14H13N3O3/c1-9-3-4-10(6-15)5-13(9)20-8-12-11(14(18)19)7-16-17(12)2/h3-5,7H,8H2,1-2H3,(H,18,19). The van der Waals surface area contributed by atoms with Gasteiger partial charge in [0.25, 0.3) is 0 Å². The molecule has 0 aliphatic rings. The predicted octanol–water partition coefficient (Wildman–Crippen LogP) is 1.88. The monoisotopic (exact) mass is 271 g/mol. The number of nitrogens with zero attached hydrogens (tertiary/aromatic N) is 3. The smallest absolute Gasteiger partial charge is 0.339 e. The van der Waals surface area contributed by atoms with Gasteiger partial charge in [0.2, 0.25) is 0 Å². The molecule has 1 heterocycles. The highest BCUT2D eigenvalue weighted by atomic mass is 16.5. The number of carboxylic acid groups (broad SMARTS) is 1. The molecule has 2 aromatic rings. The number of nitriles is 1. The third-order valence-electron chi connectivity index (χ3n) is 2.97. The molecule has 2 rings (SSSR count). The van der Waals surface area contributed by atoms with Crippen LogP contribution in [0.25, 0.3) is 0 Å². The lowest BCUT2D eigenvalue weighted by Crippen LogP contribution is -2.09. The molecular formula is C14H13N3O3. The second-order valence-corrected chi connectivity index (χ2v) is 4.31. The average Bonchev–Trinajstić information content (AvgIpc) is 2.79. The van der Waals surface area contributed by atoms with Crippen LogP contribution in [0, 0.1) is 18.3 Å². The van der Waals surface area contributed by atoms with Crippen LogP contribution in [0.5, 0.6) is 5.75 Å². The van der Waals surface area contributed by atoms with Crippen molar-refractivity contribution >= 4 is 5.97 Å². The number of aromatic nitrogens is 2. The van der Waals surface area contributed by atoms with Crippen LogP contribution in [-0.4, -0.2) is 20.9 Å². The summed E-state index contributed by atoms with van der Waals surface area (Å²) in [6, 6.07) is 7.16. The number of carboxylic acids is 1. The van der Waals surface area contributed by atoms with Crippen molar-refractivity contribution < 1.29 is 14.6 Å². The third-order valence-corrected chi connectivity index (χ3v) is 2.97. The lowest BCUT2D eigenvalue weighted by molar-refractivity contribution is 0.0693. The van der Waals surface area contributed by atoms with E-state index in [1.807, 2.05) is 13.0 Å². The van der Waals surface area contributed by atoms with E-state index in [-0.39, 0.29) is 12.2 Å². The first kappa shape index (κ1) is 13.6. The number of rotatable bonds is 4. The lowest BCUT2D eigenvalue weighted by Gasteiger charge is -2.10. The van der Waals surface area contributed by atoms with Crippen molar-refractivity contribution in [2.75, 3.05) is 0 Å². The van der Waals surface area contributed by atoms with Gasteiger partial charge in [0, 0.05) is 7.05 Å². The second kappa shape index (κ2) is 5.45. The number of carbonyl (C=O) groups is 1. The number of ether oxygens (including phenoxy) is 1. The van der Waals surface area contributed by atoms with Crippen LogP contribution in [0.2, 0.25) is 0 Å². The molecule has 0 saturated carbocycles. The van der Waals surface area contributed by atoms with Crippen LogP contribution in [0.4, 0.5) is 0 Å². The molecule has 6 heteroatoms. The largest absolute Gasteiger partial charge is 0.487 e. The van der Waals surface area contributed by atoms with Gasteiger partial charge in [-0.1, -0.05) is 6.07 Å². The number of hydrogen-bond acceptors (Lipinski definition) is 4. The molecule has 1 aromatic heterocycles. The maximum Gasteiger partial charge on any atom is 0.339 e. The SMILES string of the molecule is Cc1ccc(C#N)cc1OCc1c(C(=O)O)cnn1C. The van der Waals surface area contributed by atoms with Crippen LogP contribution in [0.1, 0.15) is 27.2 Å².